The first-order chi connectivity index (χ1) is 16.3. The summed E-state index contributed by atoms with van der Waals surface area (Å²) in [6.07, 6.45) is 0.206. The summed E-state index contributed by atoms with van der Waals surface area (Å²) in [5.41, 5.74) is -0.0131. The zero-order chi connectivity index (χ0) is 24.2. The van der Waals surface area contributed by atoms with Crippen molar-refractivity contribution >= 4 is 34.4 Å². The third-order valence-electron chi connectivity index (χ3n) is 4.76. The summed E-state index contributed by atoms with van der Waals surface area (Å²) in [5.74, 6) is -1.18. The largest absolute Gasteiger partial charge is 0.484 e. The number of nitrogens with one attached hydrogen (secondary N) is 2. The zero-order valence-corrected chi connectivity index (χ0v) is 18.4. The van der Waals surface area contributed by atoms with Crippen molar-refractivity contribution in [2.24, 2.45) is 0 Å². The highest BCUT2D eigenvalue weighted by atomic mass is 35.5. The van der Waals surface area contributed by atoms with E-state index in [2.05, 4.69) is 17.2 Å². The van der Waals surface area contributed by atoms with Gasteiger partial charge in [0.15, 0.2) is 29.1 Å². The van der Waals surface area contributed by atoms with Gasteiger partial charge in [-0.1, -0.05) is 18.2 Å². The van der Waals surface area contributed by atoms with Gasteiger partial charge in [-0.25, -0.2) is 4.39 Å². The molecule has 0 aliphatic carbocycles. The molecule has 0 saturated carbocycles. The predicted molar refractivity (Wildman–Crippen MR) is 120 cm³/mol. The Morgan fingerprint density at radius 1 is 1.18 bits per heavy atom. The highest BCUT2D eigenvalue weighted by molar-refractivity contribution is 6.30. The molecule has 2 heterocycles. The summed E-state index contributed by atoms with van der Waals surface area (Å²) in [4.78, 5) is 36.8. The van der Waals surface area contributed by atoms with E-state index in [1.54, 1.807) is 6.07 Å². The van der Waals surface area contributed by atoms with Crippen LogP contribution in [0.5, 0.6) is 17.2 Å². The molecule has 0 spiro atoms. The van der Waals surface area contributed by atoms with E-state index in [9.17, 15) is 18.8 Å². The van der Waals surface area contributed by atoms with Gasteiger partial charge in [0, 0.05) is 30.8 Å². The van der Waals surface area contributed by atoms with E-state index in [-0.39, 0.29) is 65.3 Å². The number of carbonyl (C=O) groups excluding carboxylic acids is 2. The van der Waals surface area contributed by atoms with E-state index >= 15 is 0 Å². The van der Waals surface area contributed by atoms with Gasteiger partial charge >= 0.3 is 0 Å². The molecule has 0 saturated heterocycles. The van der Waals surface area contributed by atoms with Crippen molar-refractivity contribution in [3.05, 3.63) is 75.5 Å². The van der Waals surface area contributed by atoms with Crippen molar-refractivity contribution in [1.82, 2.24) is 10.6 Å². The second kappa shape index (κ2) is 9.84. The molecule has 176 valence electrons. The Kier molecular flexibility index (Phi) is 6.69. The summed E-state index contributed by atoms with van der Waals surface area (Å²) in [6, 6.07) is 8.04. The Labute approximate surface area is 197 Å². The van der Waals surface area contributed by atoms with Gasteiger partial charge in [-0.05, 0) is 24.3 Å². The van der Waals surface area contributed by atoms with Crippen LogP contribution < -0.4 is 30.3 Å². The number of carbonyl (C=O) groups is 2. The van der Waals surface area contributed by atoms with Crippen LogP contribution in [0.2, 0.25) is 5.02 Å². The van der Waals surface area contributed by atoms with Gasteiger partial charge in [-0.15, -0.1) is 0 Å². The minimum absolute atomic E-state index is 0.0151. The maximum Gasteiger partial charge on any atom is 0.291 e. The minimum Gasteiger partial charge on any atom is -0.484 e. The van der Waals surface area contributed by atoms with Gasteiger partial charge in [0.2, 0.25) is 12.5 Å². The van der Waals surface area contributed by atoms with Crippen LogP contribution in [0.4, 0.5) is 4.39 Å². The standard InChI is InChI=1S/C23H18ClFN2O7/c1-12(6-7-26-20(29)10-31-13-2-4-15(24)16(25)8-13)27-23(30)19-9-17(28)14-3-5-18-22(21(14)34-19)33-11-32-18/h2-5,8-9H,1,6-7,10-11H2,(H,26,29)(H,27,30). The molecular weight excluding hydrogens is 471 g/mol. The van der Waals surface area contributed by atoms with Crippen molar-refractivity contribution in [3.63, 3.8) is 0 Å². The van der Waals surface area contributed by atoms with E-state index in [0.29, 0.717) is 5.75 Å². The van der Waals surface area contributed by atoms with Crippen molar-refractivity contribution in [2.45, 2.75) is 6.42 Å². The van der Waals surface area contributed by atoms with Crippen LogP contribution in [0.3, 0.4) is 0 Å². The maximum atomic E-state index is 13.4. The number of hydrogen-bond donors (Lipinski definition) is 2. The summed E-state index contributed by atoms with van der Waals surface area (Å²) < 4.78 is 34.8. The monoisotopic (exact) mass is 488 g/mol. The second-order valence-corrected chi connectivity index (χ2v) is 7.58. The Bertz CT molecular complexity index is 1360. The first-order valence-electron chi connectivity index (χ1n) is 10.0. The van der Waals surface area contributed by atoms with Gasteiger partial charge in [-0.2, -0.15) is 0 Å². The van der Waals surface area contributed by atoms with Crippen LogP contribution >= 0.6 is 11.6 Å². The number of hydrogen-bond acceptors (Lipinski definition) is 7. The molecule has 0 radical (unpaired) electrons. The molecular formula is C23H18ClFN2O7. The van der Waals surface area contributed by atoms with Crippen molar-refractivity contribution in [2.75, 3.05) is 19.9 Å². The van der Waals surface area contributed by atoms with Gasteiger partial charge in [0.05, 0.1) is 10.4 Å². The molecule has 0 unspecified atom stereocenters. The second-order valence-electron chi connectivity index (χ2n) is 7.17. The summed E-state index contributed by atoms with van der Waals surface area (Å²) in [5, 5.41) is 5.31. The molecule has 2 N–H and O–H groups in total. The van der Waals surface area contributed by atoms with Gasteiger partial charge in [0.25, 0.3) is 11.8 Å². The van der Waals surface area contributed by atoms with Gasteiger partial charge in [0.1, 0.15) is 11.6 Å². The lowest BCUT2D eigenvalue weighted by molar-refractivity contribution is -0.123. The fourth-order valence-corrected chi connectivity index (χ4v) is 3.21. The van der Waals surface area contributed by atoms with E-state index in [1.165, 1.54) is 18.2 Å². The quantitative estimate of drug-likeness (QED) is 0.500. The summed E-state index contributed by atoms with van der Waals surface area (Å²) >= 11 is 5.59. The highest BCUT2D eigenvalue weighted by Gasteiger charge is 2.22. The molecule has 1 aromatic heterocycles. The minimum atomic E-state index is -0.681. The normalized spacial score (nSPS) is 11.8. The fourth-order valence-electron chi connectivity index (χ4n) is 3.09. The lowest BCUT2D eigenvalue weighted by atomic mass is 10.2. The molecule has 2 aromatic carbocycles. The van der Waals surface area contributed by atoms with E-state index < -0.39 is 23.1 Å². The molecule has 3 aromatic rings. The Morgan fingerprint density at radius 2 is 2.00 bits per heavy atom. The molecule has 2 amide bonds. The molecule has 0 fully saturated rings. The number of amides is 2. The van der Waals surface area contributed by atoms with Crippen LogP contribution in [0.1, 0.15) is 17.0 Å². The Balaban J connectivity index is 1.28. The first kappa shape index (κ1) is 23.1. The van der Waals surface area contributed by atoms with Crippen molar-refractivity contribution in [1.29, 1.82) is 0 Å². The zero-order valence-electron chi connectivity index (χ0n) is 17.6. The average molecular weight is 489 g/mol. The molecule has 1 aliphatic heterocycles. The predicted octanol–water partition coefficient (Wildman–Crippen LogP) is 3.14. The van der Waals surface area contributed by atoms with Crippen molar-refractivity contribution in [3.8, 4) is 17.2 Å². The highest BCUT2D eigenvalue weighted by Crippen LogP contribution is 2.38. The SMILES string of the molecule is C=C(CCNC(=O)COc1ccc(Cl)c(F)c1)NC(=O)c1cc(=O)c2ccc3c(c2o1)OCO3. The third kappa shape index (κ3) is 5.12. The van der Waals surface area contributed by atoms with E-state index in [1.807, 2.05) is 0 Å². The van der Waals surface area contributed by atoms with Crippen molar-refractivity contribution < 1.29 is 32.6 Å². The van der Waals surface area contributed by atoms with E-state index in [0.717, 1.165) is 12.1 Å². The van der Waals surface area contributed by atoms with Gasteiger partial charge < -0.3 is 29.3 Å². The molecule has 11 heteroatoms. The lowest BCUT2D eigenvalue weighted by Gasteiger charge is -2.10. The van der Waals surface area contributed by atoms with Crippen LogP contribution in [0, 0.1) is 5.82 Å². The number of benzene rings is 2. The van der Waals surface area contributed by atoms with Crippen LogP contribution in [0.25, 0.3) is 11.0 Å². The molecule has 1 aliphatic rings. The molecule has 34 heavy (non-hydrogen) atoms. The molecule has 9 nitrogen and oxygen atoms in total. The summed E-state index contributed by atoms with van der Waals surface area (Å²) in [7, 11) is 0. The number of halogens is 2. The van der Waals surface area contributed by atoms with Crippen LogP contribution in [-0.4, -0.2) is 31.8 Å². The summed E-state index contributed by atoms with van der Waals surface area (Å²) in [6.45, 7) is 3.54. The number of rotatable bonds is 8. The smallest absolute Gasteiger partial charge is 0.291 e. The topological polar surface area (TPSA) is 116 Å². The average Bonchev–Trinajstić information content (AvgIpc) is 3.29. The third-order valence-corrected chi connectivity index (χ3v) is 5.06. The van der Waals surface area contributed by atoms with Gasteiger partial charge in [-0.3, -0.25) is 14.4 Å². The molecule has 0 bridgehead atoms. The molecule has 0 atom stereocenters. The Hall–Kier alpha value is -4.05. The van der Waals surface area contributed by atoms with E-state index in [4.69, 9.17) is 30.2 Å². The number of fused-ring (bicyclic) bond motifs is 3. The molecule has 4 rings (SSSR count). The first-order valence-corrected chi connectivity index (χ1v) is 10.4. The lowest BCUT2D eigenvalue weighted by Crippen LogP contribution is -2.31. The van der Waals surface area contributed by atoms with Crippen LogP contribution in [0.15, 0.2) is 57.9 Å². The van der Waals surface area contributed by atoms with Crippen LogP contribution in [-0.2, 0) is 4.79 Å². The fraction of sp³-hybridized carbons (Fsp3) is 0.174. The Morgan fingerprint density at radius 3 is 2.79 bits per heavy atom. The maximum absolute atomic E-state index is 13.4. The number of ether oxygens (including phenoxy) is 3.